The van der Waals surface area contributed by atoms with Gasteiger partial charge in [0.1, 0.15) is 6.61 Å². The van der Waals surface area contributed by atoms with Crippen LogP contribution >= 0.6 is 0 Å². The van der Waals surface area contributed by atoms with Crippen LogP contribution in [0.1, 0.15) is 110 Å². The molecule has 2 atom stereocenters. The molecule has 0 saturated carbocycles. The summed E-state index contributed by atoms with van der Waals surface area (Å²) in [7, 11) is 5.46. The van der Waals surface area contributed by atoms with Gasteiger partial charge in [-0.25, -0.2) is 4.79 Å². The molecule has 0 aromatic rings. The first kappa shape index (κ1) is 51.7. The molecule has 0 rings (SSSR count). The molecule has 0 aliphatic heterocycles. The van der Waals surface area contributed by atoms with E-state index < -0.39 is 30.1 Å². The van der Waals surface area contributed by atoms with E-state index in [0.29, 0.717) is 12.8 Å². The predicted molar refractivity (Wildman–Crippen MR) is 233 cm³/mol. The van der Waals surface area contributed by atoms with Gasteiger partial charge in [0.05, 0.1) is 40.8 Å². The normalized spacial score (nSPS) is 14.2. The van der Waals surface area contributed by atoms with Crippen LogP contribution in [0.15, 0.2) is 122 Å². The fraction of sp³-hybridized carbons (Fsp3) is 0.521. The molecule has 0 bridgehead atoms. The number of unbranched alkanes of at least 4 members (excludes halogenated alkanes) is 1. The molecule has 0 aliphatic carbocycles. The highest BCUT2D eigenvalue weighted by atomic mass is 16.6. The van der Waals surface area contributed by atoms with Crippen molar-refractivity contribution in [3.8, 4) is 0 Å². The number of likely N-dealkylation sites (N-methyl/N-ethyl adjacent to an activating group) is 1. The van der Waals surface area contributed by atoms with E-state index in [1.54, 1.807) is 6.08 Å². The van der Waals surface area contributed by atoms with E-state index in [2.05, 4.69) is 123 Å². The van der Waals surface area contributed by atoms with Gasteiger partial charge in [-0.3, -0.25) is 9.59 Å². The third-order valence-corrected chi connectivity index (χ3v) is 8.14. The number of nitrogens with zero attached hydrogens (tertiary/aromatic N) is 1. The number of esters is 2. The summed E-state index contributed by atoms with van der Waals surface area (Å²) in [4.78, 5) is 36.8. The van der Waals surface area contributed by atoms with E-state index in [9.17, 15) is 19.5 Å². The number of hydrogen-bond acceptors (Lipinski definition) is 6. The summed E-state index contributed by atoms with van der Waals surface area (Å²) in [5.41, 5.74) is 0. The van der Waals surface area contributed by atoms with E-state index in [1.165, 1.54) is 0 Å². The largest absolute Gasteiger partial charge is 0.477 e. The van der Waals surface area contributed by atoms with E-state index in [1.807, 2.05) is 27.2 Å². The van der Waals surface area contributed by atoms with Gasteiger partial charge in [0.2, 0.25) is 0 Å². The molecule has 1 N–H and O–H groups in total. The van der Waals surface area contributed by atoms with E-state index in [0.717, 1.165) is 64.2 Å². The third-order valence-electron chi connectivity index (χ3n) is 8.14. The average molecular weight is 777 g/mol. The lowest BCUT2D eigenvalue weighted by Gasteiger charge is -2.31. The molecule has 56 heavy (non-hydrogen) atoms. The lowest BCUT2D eigenvalue weighted by atomic mass is 10.1. The number of carbonyl (C=O) groups is 3. The summed E-state index contributed by atoms with van der Waals surface area (Å²) < 4.78 is 17.0. The molecule has 312 valence electrons. The Morgan fingerprint density at radius 2 is 0.964 bits per heavy atom. The smallest absolute Gasteiger partial charge is 0.362 e. The summed E-state index contributed by atoms with van der Waals surface area (Å²) in [6, 6.07) is -0.645. The van der Waals surface area contributed by atoms with Crippen molar-refractivity contribution in [2.75, 3.05) is 41.0 Å². The highest BCUT2D eigenvalue weighted by molar-refractivity contribution is 5.72. The van der Waals surface area contributed by atoms with Crippen molar-refractivity contribution >= 4 is 17.9 Å². The Balaban J connectivity index is 4.65. The number of allylic oxidation sites excluding steroid dienone is 19. The van der Waals surface area contributed by atoms with Crippen molar-refractivity contribution in [2.45, 2.75) is 122 Å². The molecule has 8 heteroatoms. The van der Waals surface area contributed by atoms with Gasteiger partial charge in [-0.15, -0.1) is 0 Å². The molecule has 0 aromatic carbocycles. The fourth-order valence-electron chi connectivity index (χ4n) is 5.02. The fourth-order valence-corrected chi connectivity index (χ4v) is 5.02. The topological polar surface area (TPSA) is 99.1 Å². The molecular formula is C48H74NO7+. The van der Waals surface area contributed by atoms with Crippen LogP contribution in [0.3, 0.4) is 0 Å². The molecule has 8 nitrogen and oxygen atoms in total. The molecule has 0 heterocycles. The van der Waals surface area contributed by atoms with Crippen LogP contribution in [-0.2, 0) is 28.6 Å². The molecule has 2 unspecified atom stereocenters. The average Bonchev–Trinajstić information content (AvgIpc) is 3.15. The Bertz CT molecular complexity index is 1320. The summed E-state index contributed by atoms with van der Waals surface area (Å²) in [6.07, 6.45) is 52.8. The lowest BCUT2D eigenvalue weighted by molar-refractivity contribution is -0.887. The van der Waals surface area contributed by atoms with Gasteiger partial charge in [-0.05, 0) is 77.0 Å². The second-order valence-corrected chi connectivity index (χ2v) is 14.1. The first-order valence-corrected chi connectivity index (χ1v) is 20.6. The maximum atomic E-state index is 12.7. The number of aliphatic carboxylic acids is 1. The van der Waals surface area contributed by atoms with Gasteiger partial charge in [0.15, 0.2) is 12.1 Å². The number of ether oxygens (including phenoxy) is 3. The maximum absolute atomic E-state index is 12.7. The zero-order chi connectivity index (χ0) is 41.4. The summed E-state index contributed by atoms with van der Waals surface area (Å²) >= 11 is 0. The van der Waals surface area contributed by atoms with Crippen LogP contribution in [0.25, 0.3) is 0 Å². The zero-order valence-corrected chi connectivity index (χ0v) is 35.3. The van der Waals surface area contributed by atoms with Gasteiger partial charge >= 0.3 is 17.9 Å². The van der Waals surface area contributed by atoms with Gasteiger partial charge in [0, 0.05) is 12.8 Å². The SMILES string of the molecule is CC/C=C\C/C=C\C/C=C\C/C=C\C/C=C\CCCC(=O)OC(COCCC(C(=O)O)[N+](C)(C)C)COC(=O)C/C=C\C/C=C\C/C=C\C/C=C\C/C=C\CC. The summed E-state index contributed by atoms with van der Waals surface area (Å²) in [6.45, 7) is 4.30. The van der Waals surface area contributed by atoms with Crippen molar-refractivity contribution in [3.63, 3.8) is 0 Å². The number of rotatable bonds is 34. The van der Waals surface area contributed by atoms with Crippen LogP contribution in [0.2, 0.25) is 0 Å². The van der Waals surface area contributed by atoms with Gasteiger partial charge in [0.25, 0.3) is 0 Å². The van der Waals surface area contributed by atoms with E-state index >= 15 is 0 Å². The third kappa shape index (κ3) is 35.4. The Labute approximate surface area is 340 Å². The Morgan fingerprint density at radius 3 is 1.38 bits per heavy atom. The molecule has 0 spiro atoms. The molecule has 0 aromatic heterocycles. The highest BCUT2D eigenvalue weighted by Gasteiger charge is 2.31. The Hall–Kier alpha value is -4.27. The van der Waals surface area contributed by atoms with Gasteiger partial charge in [-0.2, -0.15) is 0 Å². The van der Waals surface area contributed by atoms with Crippen LogP contribution in [0.4, 0.5) is 0 Å². The number of carboxylic acid groups (broad SMARTS) is 1. The van der Waals surface area contributed by atoms with Crippen molar-refractivity contribution in [1.82, 2.24) is 0 Å². The molecule has 0 radical (unpaired) electrons. The van der Waals surface area contributed by atoms with Crippen LogP contribution in [-0.4, -0.2) is 80.6 Å². The highest BCUT2D eigenvalue weighted by Crippen LogP contribution is 2.10. The standard InChI is InChI=1S/C48H73NO7/c1-6-8-10-12-14-16-18-20-22-23-25-27-29-31-33-35-37-39-47(51)56-44(42-54-41-40-45(48(52)53)49(3,4)5)43-55-46(50)38-36-34-32-30-28-26-24-21-19-17-15-13-11-9-7-2/h8-11,14-17,20-22,24-25,27-28,30-31,33-34,36,44-45H,6-7,12-13,18-19,23,26,29,32,35,37-43H2,1-5H3/p+1/b10-8-,11-9-,16-14-,17-15-,22-20-,24-21-,27-25-,30-28-,33-31-,36-34-. The molecule has 0 aliphatic rings. The minimum absolute atomic E-state index is 0.00105. The first-order chi connectivity index (χ1) is 27.1. The molecule has 0 amide bonds. The van der Waals surface area contributed by atoms with Crippen LogP contribution in [0.5, 0.6) is 0 Å². The Morgan fingerprint density at radius 1 is 0.554 bits per heavy atom. The van der Waals surface area contributed by atoms with Crippen molar-refractivity contribution in [2.24, 2.45) is 0 Å². The van der Waals surface area contributed by atoms with Crippen molar-refractivity contribution in [3.05, 3.63) is 122 Å². The molecular weight excluding hydrogens is 703 g/mol. The number of carboxylic acids is 1. The first-order valence-electron chi connectivity index (χ1n) is 20.6. The lowest BCUT2D eigenvalue weighted by Crippen LogP contribution is -2.50. The van der Waals surface area contributed by atoms with E-state index in [4.69, 9.17) is 14.2 Å². The summed E-state index contributed by atoms with van der Waals surface area (Å²) in [5, 5.41) is 9.60. The molecule has 0 fully saturated rings. The van der Waals surface area contributed by atoms with Crippen LogP contribution < -0.4 is 0 Å². The quantitative estimate of drug-likeness (QED) is 0.0301. The van der Waals surface area contributed by atoms with Crippen molar-refractivity contribution < 1.29 is 38.2 Å². The predicted octanol–water partition coefficient (Wildman–Crippen LogP) is 11.1. The Kier molecular flexibility index (Phi) is 34.8. The number of hydrogen-bond donors (Lipinski definition) is 1. The number of carbonyl (C=O) groups excluding carboxylic acids is 2. The van der Waals surface area contributed by atoms with Gasteiger partial charge < -0.3 is 23.8 Å². The maximum Gasteiger partial charge on any atom is 0.362 e. The monoisotopic (exact) mass is 777 g/mol. The number of quaternary nitrogens is 1. The van der Waals surface area contributed by atoms with Crippen molar-refractivity contribution in [1.29, 1.82) is 0 Å². The minimum Gasteiger partial charge on any atom is -0.477 e. The van der Waals surface area contributed by atoms with E-state index in [-0.39, 0.29) is 43.6 Å². The molecule has 0 saturated heterocycles. The zero-order valence-electron chi connectivity index (χ0n) is 35.3. The van der Waals surface area contributed by atoms with Gasteiger partial charge in [-0.1, -0.05) is 135 Å². The minimum atomic E-state index is -0.902. The second kappa shape index (κ2) is 37.6. The second-order valence-electron chi connectivity index (χ2n) is 14.1. The van der Waals surface area contributed by atoms with Crippen LogP contribution in [0, 0.1) is 0 Å². The summed E-state index contributed by atoms with van der Waals surface area (Å²) in [5.74, 6) is -1.73.